The molecule has 226 valence electrons. The minimum Gasteiger partial charge on any atom is -0.389 e. The fourth-order valence-electron chi connectivity index (χ4n) is 5.05. The largest absolute Gasteiger partial charge is 0.417 e. The molecule has 2 aromatic rings. The van der Waals surface area contributed by atoms with Crippen molar-refractivity contribution in [1.82, 2.24) is 20.2 Å². The lowest BCUT2D eigenvalue weighted by Gasteiger charge is -2.33. The third-order valence-electron chi connectivity index (χ3n) is 7.31. The summed E-state index contributed by atoms with van der Waals surface area (Å²) < 4.78 is 71.9. The number of nitrogens with zero attached hydrogens (tertiary/aromatic N) is 3. The summed E-state index contributed by atoms with van der Waals surface area (Å²) in [4.78, 5) is 36.0. The average molecular weight is 604 g/mol. The van der Waals surface area contributed by atoms with E-state index >= 15 is 0 Å². The van der Waals surface area contributed by atoms with Gasteiger partial charge in [-0.05, 0) is 58.9 Å². The zero-order valence-corrected chi connectivity index (χ0v) is 23.9. The van der Waals surface area contributed by atoms with Crippen LogP contribution in [-0.4, -0.2) is 68.5 Å². The van der Waals surface area contributed by atoms with Crippen molar-refractivity contribution < 1.29 is 36.6 Å². The number of pyridine rings is 1. The molecule has 0 radical (unpaired) electrons. The number of carbonyl (C=O) groups excluding carboxylic acids is 2. The van der Waals surface area contributed by atoms with Crippen LogP contribution < -0.4 is 10.6 Å². The first-order valence-corrected chi connectivity index (χ1v) is 14.4. The fraction of sp³-hybridized carbons (Fsp3) is 0.630. The van der Waals surface area contributed by atoms with Crippen molar-refractivity contribution in [2.75, 3.05) is 18.4 Å². The molecule has 2 aromatic heterocycles. The average Bonchev–Trinajstić information content (AvgIpc) is 3.33. The smallest absolute Gasteiger partial charge is 0.389 e. The van der Waals surface area contributed by atoms with E-state index in [0.717, 1.165) is 19.0 Å². The van der Waals surface area contributed by atoms with Crippen molar-refractivity contribution >= 4 is 29.0 Å². The van der Waals surface area contributed by atoms with Gasteiger partial charge in [-0.3, -0.25) is 9.59 Å². The number of anilines is 1. The van der Waals surface area contributed by atoms with Crippen LogP contribution in [0.1, 0.15) is 91.6 Å². The number of aliphatic hydroxyl groups is 1. The normalized spacial score (nSPS) is 21.4. The van der Waals surface area contributed by atoms with Crippen LogP contribution in [0.3, 0.4) is 0 Å². The SMILES string of the molecule is CC1CCCCN1C(=O)c1nc(C(=O)NCC(C)(C)O)sc1-c1cnc(N[C@H]2CCCCC2(F)F)cc1C(F)(F)F. The van der Waals surface area contributed by atoms with E-state index < -0.39 is 46.7 Å². The van der Waals surface area contributed by atoms with Crippen LogP contribution in [0.2, 0.25) is 0 Å². The molecule has 2 fully saturated rings. The molecule has 2 aliphatic rings. The van der Waals surface area contributed by atoms with Crippen LogP contribution >= 0.6 is 11.3 Å². The molecule has 1 aliphatic heterocycles. The van der Waals surface area contributed by atoms with Crippen molar-refractivity contribution in [1.29, 1.82) is 0 Å². The highest BCUT2D eigenvalue weighted by Gasteiger charge is 2.43. The van der Waals surface area contributed by atoms with Gasteiger partial charge < -0.3 is 20.6 Å². The van der Waals surface area contributed by atoms with Crippen LogP contribution in [0.5, 0.6) is 0 Å². The summed E-state index contributed by atoms with van der Waals surface area (Å²) in [6.45, 7) is 5.00. The summed E-state index contributed by atoms with van der Waals surface area (Å²) in [5.41, 5.74) is -3.25. The van der Waals surface area contributed by atoms with Crippen molar-refractivity contribution in [3.8, 4) is 10.4 Å². The predicted molar refractivity (Wildman–Crippen MR) is 144 cm³/mol. The van der Waals surface area contributed by atoms with E-state index in [9.17, 15) is 36.6 Å². The Labute approximate surface area is 238 Å². The van der Waals surface area contributed by atoms with Crippen LogP contribution in [-0.2, 0) is 6.18 Å². The summed E-state index contributed by atoms with van der Waals surface area (Å²) >= 11 is 0.604. The zero-order valence-electron chi connectivity index (χ0n) is 23.1. The molecule has 14 heteroatoms. The highest BCUT2D eigenvalue weighted by atomic mass is 32.1. The second kappa shape index (κ2) is 11.8. The molecule has 3 heterocycles. The Hall–Kier alpha value is -2.87. The Balaban J connectivity index is 1.77. The lowest BCUT2D eigenvalue weighted by molar-refractivity contribution is -0.137. The van der Waals surface area contributed by atoms with E-state index in [2.05, 4.69) is 20.6 Å². The predicted octanol–water partition coefficient (Wildman–Crippen LogP) is 5.73. The molecule has 0 spiro atoms. The van der Waals surface area contributed by atoms with Crippen LogP contribution in [0.15, 0.2) is 12.3 Å². The third kappa shape index (κ3) is 7.32. The Morgan fingerprint density at radius 3 is 2.51 bits per heavy atom. The number of hydrogen-bond acceptors (Lipinski definition) is 7. The van der Waals surface area contributed by atoms with E-state index in [1.807, 2.05) is 6.92 Å². The summed E-state index contributed by atoms with van der Waals surface area (Å²) in [7, 11) is 0. The lowest BCUT2D eigenvalue weighted by atomic mass is 9.91. The number of halogens is 5. The maximum Gasteiger partial charge on any atom is 0.417 e. The number of hydrogen-bond donors (Lipinski definition) is 3. The number of carbonyl (C=O) groups is 2. The molecular formula is C27H34F5N5O3S. The summed E-state index contributed by atoms with van der Waals surface area (Å²) in [6, 6.07) is -0.879. The molecule has 2 amide bonds. The third-order valence-corrected chi connectivity index (χ3v) is 8.40. The van der Waals surface area contributed by atoms with E-state index in [0.29, 0.717) is 43.2 Å². The van der Waals surface area contributed by atoms with Crippen LogP contribution in [0.4, 0.5) is 27.8 Å². The number of rotatable bonds is 7. The van der Waals surface area contributed by atoms with Crippen molar-refractivity contribution in [3.63, 3.8) is 0 Å². The maximum absolute atomic E-state index is 14.4. The highest BCUT2D eigenvalue weighted by molar-refractivity contribution is 7.17. The Kier molecular flexibility index (Phi) is 8.93. The Morgan fingerprint density at radius 1 is 1.17 bits per heavy atom. The van der Waals surface area contributed by atoms with Gasteiger partial charge in [0.15, 0.2) is 5.01 Å². The fourth-order valence-corrected chi connectivity index (χ4v) is 6.05. The molecule has 0 aromatic carbocycles. The second-order valence-corrected chi connectivity index (χ2v) is 12.4. The first kappa shape index (κ1) is 31.1. The number of nitrogens with one attached hydrogen (secondary N) is 2. The summed E-state index contributed by atoms with van der Waals surface area (Å²) in [5.74, 6) is -4.83. The molecule has 0 bridgehead atoms. The molecule has 1 unspecified atom stereocenters. The number of thiazole rings is 1. The second-order valence-electron chi connectivity index (χ2n) is 11.4. The molecule has 1 saturated heterocycles. The maximum atomic E-state index is 14.4. The van der Waals surface area contributed by atoms with Crippen molar-refractivity contribution in [2.24, 2.45) is 0 Å². The van der Waals surface area contributed by atoms with Gasteiger partial charge in [-0.15, -0.1) is 11.3 Å². The number of likely N-dealkylation sites (tertiary alicyclic amines) is 1. The molecule has 3 N–H and O–H groups in total. The minimum absolute atomic E-state index is 0.0857. The molecular weight excluding hydrogens is 569 g/mol. The van der Waals surface area contributed by atoms with E-state index in [1.54, 1.807) is 0 Å². The topological polar surface area (TPSA) is 107 Å². The quantitative estimate of drug-likeness (QED) is 0.349. The highest BCUT2D eigenvalue weighted by Crippen LogP contribution is 2.43. The van der Waals surface area contributed by atoms with Gasteiger partial charge in [0, 0.05) is 37.3 Å². The number of piperidine rings is 1. The molecule has 2 atom stereocenters. The molecule has 4 rings (SSSR count). The van der Waals surface area contributed by atoms with E-state index in [4.69, 9.17) is 0 Å². The van der Waals surface area contributed by atoms with Gasteiger partial charge in [0.25, 0.3) is 17.7 Å². The lowest BCUT2D eigenvalue weighted by Crippen LogP contribution is -2.42. The van der Waals surface area contributed by atoms with Gasteiger partial charge in [0.05, 0.1) is 22.1 Å². The van der Waals surface area contributed by atoms with Crippen molar-refractivity contribution in [2.45, 2.75) is 95.5 Å². The standard InChI is InChI=1S/C27H34F5N5O3S/c1-15-8-5-7-11-37(15)24(39)20-21(41-23(36-20)22(38)34-14-25(2,3)40)16-13-33-19(12-17(16)27(30,31)32)35-18-9-4-6-10-26(18,28)29/h12-13,15,18,40H,4-11,14H2,1-3H3,(H,33,35)(H,34,38)/t15?,18-/m0/s1. The van der Waals surface area contributed by atoms with Gasteiger partial charge >= 0.3 is 6.18 Å². The number of amides is 2. The van der Waals surface area contributed by atoms with Crippen LogP contribution in [0, 0.1) is 0 Å². The Bertz CT molecular complexity index is 1280. The van der Waals surface area contributed by atoms with E-state index in [-0.39, 0.29) is 46.8 Å². The number of aromatic nitrogens is 2. The van der Waals surface area contributed by atoms with Gasteiger partial charge in [-0.2, -0.15) is 13.2 Å². The summed E-state index contributed by atoms with van der Waals surface area (Å²) in [5, 5.41) is 14.7. The first-order valence-electron chi connectivity index (χ1n) is 13.6. The zero-order chi connectivity index (χ0) is 30.2. The van der Waals surface area contributed by atoms with Crippen LogP contribution in [0.25, 0.3) is 10.4 Å². The molecule has 41 heavy (non-hydrogen) atoms. The van der Waals surface area contributed by atoms with Gasteiger partial charge in [-0.1, -0.05) is 6.42 Å². The van der Waals surface area contributed by atoms with Crippen molar-refractivity contribution in [3.05, 3.63) is 28.5 Å². The first-order chi connectivity index (χ1) is 19.1. The van der Waals surface area contributed by atoms with Gasteiger partial charge in [0.2, 0.25) is 0 Å². The monoisotopic (exact) mass is 603 g/mol. The summed E-state index contributed by atoms with van der Waals surface area (Å²) in [6.07, 6.45) is -1.16. The van der Waals surface area contributed by atoms with E-state index in [1.165, 1.54) is 18.7 Å². The van der Waals surface area contributed by atoms with Gasteiger partial charge in [0.1, 0.15) is 11.5 Å². The Morgan fingerprint density at radius 2 is 1.88 bits per heavy atom. The minimum atomic E-state index is -4.93. The number of alkyl halides is 5. The molecule has 1 saturated carbocycles. The van der Waals surface area contributed by atoms with Gasteiger partial charge in [-0.25, -0.2) is 18.7 Å². The molecule has 1 aliphatic carbocycles. The molecule has 8 nitrogen and oxygen atoms in total.